The number of amides is 2. The van der Waals surface area contributed by atoms with E-state index in [1.54, 1.807) is 24.3 Å². The van der Waals surface area contributed by atoms with Gasteiger partial charge in [0.2, 0.25) is 11.8 Å². The lowest BCUT2D eigenvalue weighted by molar-refractivity contribution is -0.140. The van der Waals surface area contributed by atoms with E-state index in [9.17, 15) is 22.4 Å². The van der Waals surface area contributed by atoms with Crippen molar-refractivity contribution in [1.29, 1.82) is 0 Å². The Morgan fingerprint density at radius 1 is 0.951 bits per heavy atom. The average Bonchev–Trinajstić information content (AvgIpc) is 2.94. The van der Waals surface area contributed by atoms with Crippen LogP contribution < -0.4 is 9.62 Å². The summed E-state index contributed by atoms with van der Waals surface area (Å²) in [6.45, 7) is 3.04. The molecule has 0 radical (unpaired) electrons. The Hall–Kier alpha value is -3.47. The van der Waals surface area contributed by atoms with Gasteiger partial charge >= 0.3 is 10.2 Å². The van der Waals surface area contributed by atoms with Crippen molar-refractivity contribution >= 4 is 39.3 Å². The third-order valence-corrected chi connectivity index (χ3v) is 8.69. The van der Waals surface area contributed by atoms with Gasteiger partial charge in [0.1, 0.15) is 18.4 Å². The number of halogens is 2. The number of carbonyl (C=O) groups is 2. The lowest BCUT2D eigenvalue weighted by Gasteiger charge is -2.35. The maximum absolute atomic E-state index is 14.9. The van der Waals surface area contributed by atoms with Crippen molar-refractivity contribution in [2.45, 2.75) is 45.3 Å². The van der Waals surface area contributed by atoms with Crippen molar-refractivity contribution in [3.8, 4) is 0 Å². The summed E-state index contributed by atoms with van der Waals surface area (Å²) in [4.78, 5) is 29.2. The summed E-state index contributed by atoms with van der Waals surface area (Å²) in [5.74, 6) is -1.87. The van der Waals surface area contributed by atoms with Crippen LogP contribution in [0.15, 0.2) is 78.9 Å². The van der Waals surface area contributed by atoms with E-state index in [1.807, 2.05) is 44.2 Å². The first-order valence-corrected chi connectivity index (χ1v) is 15.0. The monoisotopic (exact) mass is 602 g/mol. The number of hydrogen-bond donors (Lipinski definition) is 1. The van der Waals surface area contributed by atoms with Crippen molar-refractivity contribution in [2.24, 2.45) is 0 Å². The number of rotatable bonds is 13. The summed E-state index contributed by atoms with van der Waals surface area (Å²) in [7, 11) is -1.69. The van der Waals surface area contributed by atoms with Crippen LogP contribution in [0.2, 0.25) is 5.02 Å². The van der Waals surface area contributed by atoms with Crippen molar-refractivity contribution < 1.29 is 22.4 Å². The highest BCUT2D eigenvalue weighted by molar-refractivity contribution is 7.90. The van der Waals surface area contributed by atoms with E-state index in [0.29, 0.717) is 17.0 Å². The zero-order valence-electron chi connectivity index (χ0n) is 23.6. The molecule has 3 aromatic carbocycles. The summed E-state index contributed by atoms with van der Waals surface area (Å²) in [6, 6.07) is 20.3. The maximum Gasteiger partial charge on any atom is 0.304 e. The number of carbonyl (C=O) groups excluding carboxylic acids is 2. The maximum atomic E-state index is 14.9. The third-order valence-electron chi connectivity index (χ3n) is 6.65. The molecule has 41 heavy (non-hydrogen) atoms. The zero-order chi connectivity index (χ0) is 30.2. The molecular formula is C30H36ClFN4O4S. The number of nitrogens with zero attached hydrogens (tertiary/aromatic N) is 3. The van der Waals surface area contributed by atoms with Gasteiger partial charge in [-0.05, 0) is 48.7 Å². The summed E-state index contributed by atoms with van der Waals surface area (Å²) >= 11 is 6.23. The number of para-hydroxylation sites is 1. The second kappa shape index (κ2) is 14.4. The molecule has 0 bridgehead atoms. The molecule has 0 aliphatic rings. The minimum Gasteiger partial charge on any atom is -0.352 e. The Bertz CT molecular complexity index is 1440. The predicted molar refractivity (Wildman–Crippen MR) is 160 cm³/mol. The standard InChI is InChI=1S/C30H36ClFN4O4S/c1-5-22(2)33-30(38)28(19-23-12-7-6-8-13-23)35(20-24-14-11-15-25(31)18-24)29(37)21-36(41(39,40)34(3)4)27-17-10-9-16-26(27)32/h6-18,22,28H,5,19-21H2,1-4H3,(H,33,38)/t22-,28-/m1/s1. The number of hydrogen-bond acceptors (Lipinski definition) is 4. The topological polar surface area (TPSA) is 90.0 Å². The normalized spacial score (nSPS) is 13.0. The molecule has 1 N–H and O–H groups in total. The van der Waals surface area contributed by atoms with Gasteiger partial charge in [-0.1, -0.05) is 73.1 Å². The van der Waals surface area contributed by atoms with Crippen LogP contribution in [0, 0.1) is 5.82 Å². The fourth-order valence-corrected chi connectivity index (χ4v) is 5.46. The first kappa shape index (κ1) is 32.0. The molecule has 0 aliphatic carbocycles. The van der Waals surface area contributed by atoms with Crippen LogP contribution >= 0.6 is 11.6 Å². The van der Waals surface area contributed by atoms with Gasteiger partial charge < -0.3 is 10.2 Å². The second-order valence-electron chi connectivity index (χ2n) is 9.92. The molecule has 0 aromatic heterocycles. The summed E-state index contributed by atoms with van der Waals surface area (Å²) in [6.07, 6.45) is 0.851. The smallest absolute Gasteiger partial charge is 0.304 e. The Kier molecular flexibility index (Phi) is 11.3. The molecule has 11 heteroatoms. The van der Waals surface area contributed by atoms with Gasteiger partial charge in [0.05, 0.1) is 5.69 Å². The molecule has 220 valence electrons. The van der Waals surface area contributed by atoms with Crippen LogP contribution in [0.5, 0.6) is 0 Å². The van der Waals surface area contributed by atoms with E-state index in [0.717, 1.165) is 20.2 Å². The van der Waals surface area contributed by atoms with Gasteiger partial charge in [0.25, 0.3) is 0 Å². The fraction of sp³-hybridized carbons (Fsp3) is 0.333. The van der Waals surface area contributed by atoms with Crippen molar-refractivity contribution in [3.05, 3.63) is 101 Å². The molecule has 3 rings (SSSR count). The molecule has 0 aliphatic heterocycles. The fourth-order valence-electron chi connectivity index (χ4n) is 4.18. The third kappa shape index (κ3) is 8.51. The molecule has 8 nitrogen and oxygen atoms in total. The number of benzene rings is 3. The largest absolute Gasteiger partial charge is 0.352 e. The molecule has 0 fully saturated rings. The minimum absolute atomic E-state index is 0.0298. The minimum atomic E-state index is -4.29. The van der Waals surface area contributed by atoms with Gasteiger partial charge in [-0.2, -0.15) is 12.7 Å². The highest BCUT2D eigenvalue weighted by Crippen LogP contribution is 2.25. The van der Waals surface area contributed by atoms with Crippen molar-refractivity contribution in [3.63, 3.8) is 0 Å². The summed E-state index contributed by atoms with van der Waals surface area (Å²) in [5.41, 5.74) is 1.18. The van der Waals surface area contributed by atoms with Gasteiger partial charge in [-0.25, -0.2) is 8.70 Å². The zero-order valence-corrected chi connectivity index (χ0v) is 25.2. The van der Waals surface area contributed by atoms with E-state index < -0.39 is 34.5 Å². The summed E-state index contributed by atoms with van der Waals surface area (Å²) in [5, 5.41) is 3.41. The van der Waals surface area contributed by atoms with Crippen LogP contribution in [0.25, 0.3) is 0 Å². The first-order valence-electron chi connectivity index (χ1n) is 13.3. The van der Waals surface area contributed by atoms with Gasteiger partial charge in [-0.15, -0.1) is 0 Å². The molecular weight excluding hydrogens is 567 g/mol. The quantitative estimate of drug-likeness (QED) is 0.308. The van der Waals surface area contributed by atoms with Gasteiger partial charge in [-0.3, -0.25) is 9.59 Å². The average molecular weight is 603 g/mol. The van der Waals surface area contributed by atoms with E-state index >= 15 is 0 Å². The number of anilines is 1. The Morgan fingerprint density at radius 3 is 2.20 bits per heavy atom. The number of nitrogens with one attached hydrogen (secondary N) is 1. The molecule has 2 amide bonds. The molecule has 0 saturated carbocycles. The highest BCUT2D eigenvalue weighted by atomic mass is 35.5. The lowest BCUT2D eigenvalue weighted by Crippen LogP contribution is -2.55. The van der Waals surface area contributed by atoms with Crippen molar-refractivity contribution in [1.82, 2.24) is 14.5 Å². The van der Waals surface area contributed by atoms with Crippen LogP contribution in [-0.2, 0) is 32.8 Å². The molecule has 0 unspecified atom stereocenters. The van der Waals surface area contributed by atoms with E-state index in [4.69, 9.17) is 11.6 Å². The van der Waals surface area contributed by atoms with Crippen molar-refractivity contribution in [2.75, 3.05) is 24.9 Å². The first-order chi connectivity index (χ1) is 19.4. The van der Waals surface area contributed by atoms with Crippen LogP contribution in [0.1, 0.15) is 31.4 Å². The van der Waals surface area contributed by atoms with Crippen LogP contribution in [0.3, 0.4) is 0 Å². The van der Waals surface area contributed by atoms with Gasteiger partial charge in [0.15, 0.2) is 0 Å². The predicted octanol–water partition coefficient (Wildman–Crippen LogP) is 4.65. The molecule has 2 atom stereocenters. The van der Waals surface area contributed by atoms with Crippen LogP contribution in [0.4, 0.5) is 10.1 Å². The molecule has 0 heterocycles. The highest BCUT2D eigenvalue weighted by Gasteiger charge is 2.35. The molecule has 3 aromatic rings. The molecule has 0 spiro atoms. The van der Waals surface area contributed by atoms with E-state index in [-0.39, 0.29) is 30.6 Å². The molecule has 0 saturated heterocycles. The second-order valence-corrected chi connectivity index (χ2v) is 12.4. The summed E-state index contributed by atoms with van der Waals surface area (Å²) < 4.78 is 43.2. The van der Waals surface area contributed by atoms with Crippen LogP contribution in [-0.4, -0.2) is 62.2 Å². The van der Waals surface area contributed by atoms with E-state index in [2.05, 4.69) is 5.32 Å². The SMILES string of the molecule is CC[C@@H](C)NC(=O)[C@@H](Cc1ccccc1)N(Cc1cccc(Cl)c1)C(=O)CN(c1ccccc1F)S(=O)(=O)N(C)C. The van der Waals surface area contributed by atoms with E-state index in [1.165, 1.54) is 37.2 Å². The Balaban J connectivity index is 2.11. The lowest BCUT2D eigenvalue weighted by atomic mass is 10.0. The van der Waals surface area contributed by atoms with Gasteiger partial charge in [0, 0.05) is 38.1 Å². The Morgan fingerprint density at radius 2 is 1.59 bits per heavy atom. The Labute approximate surface area is 246 Å².